The van der Waals surface area contributed by atoms with Crippen molar-refractivity contribution in [2.45, 2.75) is 31.6 Å². The van der Waals surface area contributed by atoms with E-state index in [9.17, 15) is 0 Å². The summed E-state index contributed by atoms with van der Waals surface area (Å²) in [5.41, 5.74) is 0. The maximum absolute atomic E-state index is 5.40. The number of rotatable bonds is 3. The number of nitrogens with zero attached hydrogens (tertiary/aromatic N) is 3. The Labute approximate surface area is 108 Å². The Morgan fingerprint density at radius 3 is 2.89 bits per heavy atom. The molecule has 1 N–H and O–H groups in total. The van der Waals surface area contributed by atoms with E-state index in [1.54, 1.807) is 0 Å². The van der Waals surface area contributed by atoms with Crippen LogP contribution in [-0.4, -0.2) is 48.3 Å². The molecule has 0 amide bonds. The first kappa shape index (κ1) is 12.1. The van der Waals surface area contributed by atoms with Crippen LogP contribution in [0.4, 0.5) is 0 Å². The first-order valence-electron chi connectivity index (χ1n) is 7.03. The Hall–Kier alpha value is -0.940. The molecule has 2 aliphatic rings. The van der Waals surface area contributed by atoms with Crippen molar-refractivity contribution < 1.29 is 4.52 Å². The molecule has 1 atom stereocenters. The Morgan fingerprint density at radius 1 is 1.33 bits per heavy atom. The second kappa shape index (κ2) is 5.36. The van der Waals surface area contributed by atoms with Crippen molar-refractivity contribution in [1.29, 1.82) is 0 Å². The summed E-state index contributed by atoms with van der Waals surface area (Å²) in [6.45, 7) is 4.45. The molecule has 0 bridgehead atoms. The van der Waals surface area contributed by atoms with Crippen LogP contribution >= 0.6 is 0 Å². The molecule has 2 saturated heterocycles. The summed E-state index contributed by atoms with van der Waals surface area (Å²) in [4.78, 5) is 6.96. The maximum Gasteiger partial charge on any atom is 0.226 e. The minimum Gasteiger partial charge on any atom is -0.339 e. The van der Waals surface area contributed by atoms with Gasteiger partial charge >= 0.3 is 0 Å². The topological polar surface area (TPSA) is 54.2 Å². The summed E-state index contributed by atoms with van der Waals surface area (Å²) >= 11 is 0. The second-order valence-corrected chi connectivity index (χ2v) is 5.69. The molecule has 1 aromatic rings. The van der Waals surface area contributed by atoms with Crippen LogP contribution in [0, 0.1) is 5.92 Å². The van der Waals surface area contributed by atoms with Gasteiger partial charge in [-0.3, -0.25) is 0 Å². The van der Waals surface area contributed by atoms with E-state index < -0.39 is 0 Å². The summed E-state index contributed by atoms with van der Waals surface area (Å²) < 4.78 is 5.40. The van der Waals surface area contributed by atoms with E-state index in [-0.39, 0.29) is 0 Å². The molecule has 0 spiro atoms. The quantitative estimate of drug-likeness (QED) is 0.868. The van der Waals surface area contributed by atoms with Gasteiger partial charge in [0, 0.05) is 18.9 Å². The molecule has 5 heteroatoms. The third-order valence-corrected chi connectivity index (χ3v) is 4.21. The van der Waals surface area contributed by atoms with Crippen molar-refractivity contribution in [3.63, 3.8) is 0 Å². The highest BCUT2D eigenvalue weighted by Gasteiger charge is 2.24. The van der Waals surface area contributed by atoms with E-state index in [4.69, 9.17) is 4.52 Å². The van der Waals surface area contributed by atoms with Crippen molar-refractivity contribution in [2.75, 3.05) is 33.2 Å². The number of likely N-dealkylation sites (tertiary alicyclic amines) is 1. The number of nitrogens with one attached hydrogen (secondary N) is 1. The van der Waals surface area contributed by atoms with Crippen molar-refractivity contribution >= 4 is 0 Å². The summed E-state index contributed by atoms with van der Waals surface area (Å²) in [5.74, 6) is 2.92. The highest BCUT2D eigenvalue weighted by atomic mass is 16.5. The molecule has 0 saturated carbocycles. The lowest BCUT2D eigenvalue weighted by Crippen LogP contribution is -2.31. The second-order valence-electron chi connectivity index (χ2n) is 5.69. The molecule has 0 aliphatic carbocycles. The zero-order chi connectivity index (χ0) is 12.4. The first-order chi connectivity index (χ1) is 8.81. The van der Waals surface area contributed by atoms with Gasteiger partial charge in [0.1, 0.15) is 0 Å². The molecule has 0 radical (unpaired) electrons. The number of hydrogen-bond acceptors (Lipinski definition) is 5. The third-order valence-electron chi connectivity index (χ3n) is 4.21. The predicted octanol–water partition coefficient (Wildman–Crippen LogP) is 1.03. The number of piperidine rings is 1. The van der Waals surface area contributed by atoms with Gasteiger partial charge in [0.05, 0.1) is 0 Å². The van der Waals surface area contributed by atoms with E-state index in [1.807, 2.05) is 0 Å². The van der Waals surface area contributed by atoms with Crippen LogP contribution in [-0.2, 0) is 6.42 Å². The molecule has 3 rings (SSSR count). The zero-order valence-corrected chi connectivity index (χ0v) is 11.1. The zero-order valence-electron chi connectivity index (χ0n) is 11.1. The molecule has 3 heterocycles. The molecule has 2 aliphatic heterocycles. The van der Waals surface area contributed by atoms with Crippen LogP contribution in [0.1, 0.15) is 36.9 Å². The predicted molar refractivity (Wildman–Crippen MR) is 68.5 cm³/mol. The van der Waals surface area contributed by atoms with Crippen LogP contribution < -0.4 is 5.32 Å². The van der Waals surface area contributed by atoms with Crippen LogP contribution in [0.2, 0.25) is 0 Å². The van der Waals surface area contributed by atoms with Crippen LogP contribution in [0.3, 0.4) is 0 Å². The van der Waals surface area contributed by atoms with E-state index in [2.05, 4.69) is 27.4 Å². The molecule has 5 nitrogen and oxygen atoms in total. The molecule has 1 unspecified atom stereocenters. The van der Waals surface area contributed by atoms with Crippen molar-refractivity contribution in [3.05, 3.63) is 11.7 Å². The minimum atomic E-state index is 0.458. The lowest BCUT2D eigenvalue weighted by atomic mass is 9.94. The minimum absolute atomic E-state index is 0.458. The summed E-state index contributed by atoms with van der Waals surface area (Å²) in [6, 6.07) is 0. The average Bonchev–Trinajstić information content (AvgIpc) is 3.02. The normalized spacial score (nSPS) is 26.8. The van der Waals surface area contributed by atoms with Gasteiger partial charge in [-0.05, 0) is 51.9 Å². The maximum atomic E-state index is 5.40. The Bertz CT molecular complexity index is 378. The van der Waals surface area contributed by atoms with Gasteiger partial charge in [-0.15, -0.1) is 0 Å². The van der Waals surface area contributed by atoms with Gasteiger partial charge in [0.25, 0.3) is 0 Å². The van der Waals surface area contributed by atoms with E-state index in [0.29, 0.717) is 5.92 Å². The molecule has 18 heavy (non-hydrogen) atoms. The average molecular weight is 250 g/mol. The van der Waals surface area contributed by atoms with Gasteiger partial charge in [-0.2, -0.15) is 4.98 Å². The van der Waals surface area contributed by atoms with Gasteiger partial charge in [0.15, 0.2) is 5.82 Å². The van der Waals surface area contributed by atoms with Gasteiger partial charge in [-0.1, -0.05) is 5.16 Å². The lowest BCUT2D eigenvalue weighted by molar-refractivity contribution is 0.208. The van der Waals surface area contributed by atoms with E-state index in [1.165, 1.54) is 25.9 Å². The smallest absolute Gasteiger partial charge is 0.226 e. The highest BCUT2D eigenvalue weighted by Crippen LogP contribution is 2.23. The molecule has 2 fully saturated rings. The standard InChI is InChI=1S/C13H22N4O/c1-17-6-3-10(4-7-17)8-12-15-13(16-18-12)11-2-5-14-9-11/h10-11,14H,2-9H2,1H3. The Kier molecular flexibility index (Phi) is 3.61. The van der Waals surface area contributed by atoms with Crippen LogP contribution in [0.15, 0.2) is 4.52 Å². The summed E-state index contributed by atoms with van der Waals surface area (Å²) in [5, 5.41) is 7.48. The van der Waals surface area contributed by atoms with Crippen LogP contribution in [0.25, 0.3) is 0 Å². The molecule has 1 aromatic heterocycles. The molecular weight excluding hydrogens is 228 g/mol. The summed E-state index contributed by atoms with van der Waals surface area (Å²) in [7, 11) is 2.19. The Morgan fingerprint density at radius 2 is 2.17 bits per heavy atom. The van der Waals surface area contributed by atoms with Gasteiger partial charge < -0.3 is 14.7 Å². The van der Waals surface area contributed by atoms with Crippen molar-refractivity contribution in [3.8, 4) is 0 Å². The fourth-order valence-electron chi connectivity index (χ4n) is 2.90. The third kappa shape index (κ3) is 2.72. The lowest BCUT2D eigenvalue weighted by Gasteiger charge is -2.27. The first-order valence-corrected chi connectivity index (χ1v) is 7.03. The van der Waals surface area contributed by atoms with Gasteiger partial charge in [-0.25, -0.2) is 0 Å². The van der Waals surface area contributed by atoms with Crippen molar-refractivity contribution in [1.82, 2.24) is 20.4 Å². The molecule has 100 valence electrons. The largest absolute Gasteiger partial charge is 0.339 e. The van der Waals surface area contributed by atoms with Crippen molar-refractivity contribution in [2.24, 2.45) is 5.92 Å². The molecular formula is C13H22N4O. The monoisotopic (exact) mass is 250 g/mol. The Balaban J connectivity index is 1.56. The van der Waals surface area contributed by atoms with Crippen LogP contribution in [0.5, 0.6) is 0 Å². The number of aromatic nitrogens is 2. The highest BCUT2D eigenvalue weighted by molar-refractivity contribution is 5.00. The fourth-order valence-corrected chi connectivity index (χ4v) is 2.90. The number of hydrogen-bond donors (Lipinski definition) is 1. The van der Waals surface area contributed by atoms with E-state index >= 15 is 0 Å². The molecule has 0 aromatic carbocycles. The fraction of sp³-hybridized carbons (Fsp3) is 0.846. The van der Waals surface area contributed by atoms with E-state index in [0.717, 1.165) is 43.6 Å². The SMILES string of the molecule is CN1CCC(Cc2nc(C3CCNC3)no2)CC1. The summed E-state index contributed by atoms with van der Waals surface area (Å²) in [6.07, 6.45) is 4.59. The van der Waals surface area contributed by atoms with Gasteiger partial charge in [0.2, 0.25) is 5.89 Å².